The summed E-state index contributed by atoms with van der Waals surface area (Å²) in [6.07, 6.45) is 4.74. The molecule has 1 aromatic rings. The van der Waals surface area contributed by atoms with Gasteiger partial charge < -0.3 is 15.4 Å². The second kappa shape index (κ2) is 5.93. The van der Waals surface area contributed by atoms with Gasteiger partial charge in [-0.15, -0.1) is 0 Å². The van der Waals surface area contributed by atoms with Crippen LogP contribution in [0, 0.1) is 0 Å². The first-order chi connectivity index (χ1) is 9.11. The first-order valence-electron chi connectivity index (χ1n) is 7.13. The van der Waals surface area contributed by atoms with Gasteiger partial charge in [0.05, 0.1) is 7.11 Å². The zero-order chi connectivity index (χ0) is 13.9. The van der Waals surface area contributed by atoms with Crippen LogP contribution in [0.5, 0.6) is 5.75 Å². The average molecular weight is 262 g/mol. The number of rotatable bonds is 6. The normalized spacial score (nSPS) is 17.3. The highest BCUT2D eigenvalue weighted by atomic mass is 16.5. The largest absolute Gasteiger partial charge is 0.496 e. The third-order valence-electron chi connectivity index (χ3n) is 4.38. The van der Waals surface area contributed by atoms with Crippen molar-refractivity contribution in [3.05, 3.63) is 29.3 Å². The van der Waals surface area contributed by atoms with Crippen LogP contribution in [-0.4, -0.2) is 39.2 Å². The maximum Gasteiger partial charge on any atom is 0.122 e. The summed E-state index contributed by atoms with van der Waals surface area (Å²) >= 11 is 0. The molecule has 0 spiro atoms. The molecule has 19 heavy (non-hydrogen) atoms. The van der Waals surface area contributed by atoms with Crippen LogP contribution >= 0.6 is 0 Å². The third kappa shape index (κ3) is 2.93. The van der Waals surface area contributed by atoms with Crippen molar-refractivity contribution < 1.29 is 4.74 Å². The van der Waals surface area contributed by atoms with E-state index in [1.54, 1.807) is 7.11 Å². The number of ether oxygens (including phenoxy) is 1. The summed E-state index contributed by atoms with van der Waals surface area (Å²) in [6.45, 7) is 1.79. The zero-order valence-electron chi connectivity index (χ0n) is 12.4. The number of methoxy groups -OCH3 is 1. The van der Waals surface area contributed by atoms with Crippen LogP contribution in [0.4, 0.5) is 0 Å². The van der Waals surface area contributed by atoms with Gasteiger partial charge in [0.25, 0.3) is 0 Å². The Hall–Kier alpha value is -1.06. The van der Waals surface area contributed by atoms with Crippen LogP contribution in [0.2, 0.25) is 0 Å². The second-order valence-electron chi connectivity index (χ2n) is 5.93. The van der Waals surface area contributed by atoms with E-state index in [1.807, 2.05) is 0 Å². The molecule has 0 saturated heterocycles. The Morgan fingerprint density at radius 1 is 1.32 bits per heavy atom. The molecule has 1 aromatic carbocycles. The van der Waals surface area contributed by atoms with Crippen LogP contribution in [0.25, 0.3) is 0 Å². The van der Waals surface area contributed by atoms with Gasteiger partial charge in [-0.25, -0.2) is 0 Å². The van der Waals surface area contributed by atoms with E-state index in [0.717, 1.165) is 25.3 Å². The van der Waals surface area contributed by atoms with Gasteiger partial charge in [-0.1, -0.05) is 18.6 Å². The van der Waals surface area contributed by atoms with Crippen molar-refractivity contribution in [3.8, 4) is 5.75 Å². The molecule has 1 fully saturated rings. The van der Waals surface area contributed by atoms with Crippen molar-refractivity contribution in [1.82, 2.24) is 4.90 Å². The minimum Gasteiger partial charge on any atom is -0.496 e. The highest BCUT2D eigenvalue weighted by molar-refractivity contribution is 5.44. The highest BCUT2D eigenvalue weighted by Crippen LogP contribution is 2.46. The molecule has 0 heterocycles. The van der Waals surface area contributed by atoms with Crippen LogP contribution in [0.15, 0.2) is 18.2 Å². The average Bonchev–Trinajstić information content (AvgIpc) is 2.36. The first-order valence-corrected chi connectivity index (χ1v) is 7.13. The van der Waals surface area contributed by atoms with Crippen LogP contribution in [0.3, 0.4) is 0 Å². The number of hydrogen-bond donors (Lipinski definition) is 1. The Balaban J connectivity index is 2.26. The van der Waals surface area contributed by atoms with Gasteiger partial charge >= 0.3 is 0 Å². The number of hydrogen-bond acceptors (Lipinski definition) is 3. The van der Waals surface area contributed by atoms with E-state index in [0.29, 0.717) is 0 Å². The first kappa shape index (κ1) is 14.4. The van der Waals surface area contributed by atoms with Crippen molar-refractivity contribution in [2.75, 3.05) is 34.3 Å². The molecular weight excluding hydrogens is 236 g/mol. The molecule has 0 amide bonds. The standard InChI is InChI=1S/C16H26N2O/c1-18(2)10-7-13-5-6-15(19-3)14(11-13)16(12-17)8-4-9-16/h5-6,11H,4,7-10,12,17H2,1-3H3. The van der Waals surface area contributed by atoms with E-state index in [4.69, 9.17) is 10.5 Å². The Morgan fingerprint density at radius 3 is 2.53 bits per heavy atom. The fourth-order valence-corrected chi connectivity index (χ4v) is 2.86. The van der Waals surface area contributed by atoms with Crippen molar-refractivity contribution in [2.45, 2.75) is 31.1 Å². The topological polar surface area (TPSA) is 38.5 Å². The van der Waals surface area contributed by atoms with E-state index in [2.05, 4.69) is 37.2 Å². The monoisotopic (exact) mass is 262 g/mol. The lowest BCUT2D eigenvalue weighted by Crippen LogP contribution is -2.41. The number of nitrogens with zero attached hydrogens (tertiary/aromatic N) is 1. The Labute approximate surface area is 116 Å². The van der Waals surface area contributed by atoms with Gasteiger partial charge in [0.15, 0.2) is 0 Å². The smallest absolute Gasteiger partial charge is 0.122 e. The van der Waals surface area contributed by atoms with Crippen molar-refractivity contribution in [3.63, 3.8) is 0 Å². The van der Waals surface area contributed by atoms with Crippen LogP contribution < -0.4 is 10.5 Å². The summed E-state index contributed by atoms with van der Waals surface area (Å²) in [4.78, 5) is 2.21. The molecule has 0 radical (unpaired) electrons. The fraction of sp³-hybridized carbons (Fsp3) is 0.625. The van der Waals surface area contributed by atoms with E-state index in [-0.39, 0.29) is 5.41 Å². The molecule has 1 saturated carbocycles. The Bertz CT molecular complexity index is 419. The second-order valence-corrected chi connectivity index (χ2v) is 5.93. The summed E-state index contributed by atoms with van der Waals surface area (Å²) in [5.41, 5.74) is 8.90. The maximum atomic E-state index is 6.03. The van der Waals surface area contributed by atoms with Crippen molar-refractivity contribution >= 4 is 0 Å². The number of nitrogens with two attached hydrogens (primary N) is 1. The fourth-order valence-electron chi connectivity index (χ4n) is 2.86. The summed E-state index contributed by atoms with van der Waals surface area (Å²) in [6, 6.07) is 6.60. The minimum absolute atomic E-state index is 0.166. The number of benzene rings is 1. The highest BCUT2D eigenvalue weighted by Gasteiger charge is 2.39. The lowest BCUT2D eigenvalue weighted by molar-refractivity contribution is 0.243. The predicted octanol–water partition coefficient (Wildman–Crippen LogP) is 2.18. The molecule has 0 unspecified atom stereocenters. The predicted molar refractivity (Wildman–Crippen MR) is 79.8 cm³/mol. The molecular formula is C16H26N2O. The lowest BCUT2D eigenvalue weighted by atomic mass is 9.64. The summed E-state index contributed by atoms with van der Waals surface area (Å²) in [5.74, 6) is 0.999. The van der Waals surface area contributed by atoms with Crippen molar-refractivity contribution in [1.29, 1.82) is 0 Å². The molecule has 0 bridgehead atoms. The summed E-state index contributed by atoms with van der Waals surface area (Å²) in [5, 5.41) is 0. The SMILES string of the molecule is COc1ccc(CCN(C)C)cc1C1(CN)CCC1. The molecule has 2 rings (SSSR count). The minimum atomic E-state index is 0.166. The number of likely N-dealkylation sites (N-methyl/N-ethyl adjacent to an activating group) is 1. The third-order valence-corrected chi connectivity index (χ3v) is 4.38. The molecule has 0 atom stereocenters. The van der Waals surface area contributed by atoms with Gasteiger partial charge in [0, 0.05) is 24.1 Å². The quantitative estimate of drug-likeness (QED) is 0.854. The van der Waals surface area contributed by atoms with Crippen molar-refractivity contribution in [2.24, 2.45) is 5.73 Å². The van der Waals surface area contributed by atoms with Crippen LogP contribution in [0.1, 0.15) is 30.4 Å². The summed E-state index contributed by atoms with van der Waals surface area (Å²) < 4.78 is 5.54. The maximum absolute atomic E-state index is 6.03. The molecule has 0 aliphatic heterocycles. The molecule has 2 N–H and O–H groups in total. The van der Waals surface area contributed by atoms with Gasteiger partial charge in [0.1, 0.15) is 5.75 Å². The summed E-state index contributed by atoms with van der Waals surface area (Å²) in [7, 11) is 5.97. The van der Waals surface area contributed by atoms with Crippen LogP contribution in [-0.2, 0) is 11.8 Å². The van der Waals surface area contributed by atoms with Gasteiger partial charge in [-0.2, -0.15) is 0 Å². The Kier molecular flexibility index (Phi) is 4.48. The van der Waals surface area contributed by atoms with Gasteiger partial charge in [0.2, 0.25) is 0 Å². The Morgan fingerprint density at radius 2 is 2.05 bits per heavy atom. The van der Waals surface area contributed by atoms with E-state index < -0.39 is 0 Å². The molecule has 0 aromatic heterocycles. The molecule has 3 nitrogen and oxygen atoms in total. The molecule has 1 aliphatic carbocycles. The van der Waals surface area contributed by atoms with Gasteiger partial charge in [-0.05, 0) is 45.0 Å². The zero-order valence-corrected chi connectivity index (χ0v) is 12.4. The molecule has 1 aliphatic rings. The van der Waals surface area contributed by atoms with E-state index >= 15 is 0 Å². The molecule has 3 heteroatoms. The van der Waals surface area contributed by atoms with E-state index in [1.165, 1.54) is 30.4 Å². The lowest BCUT2D eigenvalue weighted by Gasteiger charge is -2.42. The van der Waals surface area contributed by atoms with Gasteiger partial charge in [-0.3, -0.25) is 0 Å². The molecule has 106 valence electrons. The van der Waals surface area contributed by atoms with E-state index in [9.17, 15) is 0 Å².